The standard InChI is InChI=1S/C15H14ClNO3/c1-17-15(18)14(16)20-13-9-7-12(8-10-13)19-11-5-3-2-4-6-11/h2-10,14H,1H3,(H,17,18). The van der Waals surface area contributed by atoms with Gasteiger partial charge in [0, 0.05) is 7.05 Å². The normalized spacial score (nSPS) is 11.5. The summed E-state index contributed by atoms with van der Waals surface area (Å²) in [6.45, 7) is 0. The van der Waals surface area contributed by atoms with Crippen molar-refractivity contribution in [2.45, 2.75) is 5.56 Å². The predicted molar refractivity (Wildman–Crippen MR) is 77.3 cm³/mol. The van der Waals surface area contributed by atoms with E-state index in [1.165, 1.54) is 7.05 Å². The zero-order valence-electron chi connectivity index (χ0n) is 10.9. The lowest BCUT2D eigenvalue weighted by Crippen LogP contribution is -2.31. The first-order valence-electron chi connectivity index (χ1n) is 6.04. The Morgan fingerprint density at radius 2 is 1.55 bits per heavy atom. The number of amides is 1. The highest BCUT2D eigenvalue weighted by molar-refractivity contribution is 6.29. The molecule has 0 aliphatic heterocycles. The van der Waals surface area contributed by atoms with Gasteiger partial charge in [-0.05, 0) is 36.4 Å². The Bertz CT molecular complexity index is 557. The van der Waals surface area contributed by atoms with E-state index in [-0.39, 0.29) is 0 Å². The summed E-state index contributed by atoms with van der Waals surface area (Å²) in [6, 6.07) is 16.3. The minimum atomic E-state index is -1.05. The lowest BCUT2D eigenvalue weighted by molar-refractivity contribution is -0.124. The third-order valence-corrected chi connectivity index (χ3v) is 2.78. The molecule has 0 aliphatic carbocycles. The van der Waals surface area contributed by atoms with Crippen LogP contribution in [0.15, 0.2) is 54.6 Å². The van der Waals surface area contributed by atoms with Crippen LogP contribution in [-0.4, -0.2) is 18.5 Å². The lowest BCUT2D eigenvalue weighted by atomic mass is 10.3. The predicted octanol–water partition coefficient (Wildman–Crippen LogP) is 3.17. The quantitative estimate of drug-likeness (QED) is 0.861. The van der Waals surface area contributed by atoms with Crippen molar-refractivity contribution in [3.8, 4) is 17.2 Å². The summed E-state index contributed by atoms with van der Waals surface area (Å²) >= 11 is 5.77. The van der Waals surface area contributed by atoms with Crippen LogP contribution in [-0.2, 0) is 4.79 Å². The molecule has 0 radical (unpaired) electrons. The first-order valence-corrected chi connectivity index (χ1v) is 6.48. The van der Waals surface area contributed by atoms with Gasteiger partial charge in [0.2, 0.25) is 5.56 Å². The molecule has 1 N–H and O–H groups in total. The van der Waals surface area contributed by atoms with Gasteiger partial charge in [-0.1, -0.05) is 29.8 Å². The summed E-state index contributed by atoms with van der Waals surface area (Å²) < 4.78 is 10.9. The summed E-state index contributed by atoms with van der Waals surface area (Å²) in [4.78, 5) is 11.2. The SMILES string of the molecule is CNC(=O)C(Cl)Oc1ccc(Oc2ccccc2)cc1. The summed E-state index contributed by atoms with van der Waals surface area (Å²) in [5.41, 5.74) is -1.05. The molecule has 0 fully saturated rings. The molecule has 1 atom stereocenters. The molecule has 0 saturated heterocycles. The van der Waals surface area contributed by atoms with E-state index >= 15 is 0 Å². The minimum absolute atomic E-state index is 0.392. The number of alkyl halides is 1. The number of halogens is 1. The summed E-state index contributed by atoms with van der Waals surface area (Å²) in [5.74, 6) is 1.53. The zero-order valence-corrected chi connectivity index (χ0v) is 11.6. The Labute approximate surface area is 122 Å². The van der Waals surface area contributed by atoms with Crippen LogP contribution in [0.3, 0.4) is 0 Å². The van der Waals surface area contributed by atoms with Crippen molar-refractivity contribution >= 4 is 17.5 Å². The van der Waals surface area contributed by atoms with E-state index in [1.54, 1.807) is 24.3 Å². The number of benzene rings is 2. The molecule has 0 saturated carbocycles. The molecule has 0 heterocycles. The Balaban J connectivity index is 1.98. The van der Waals surface area contributed by atoms with Crippen LogP contribution in [0, 0.1) is 0 Å². The molecule has 5 heteroatoms. The fourth-order valence-electron chi connectivity index (χ4n) is 1.50. The zero-order chi connectivity index (χ0) is 14.4. The number of nitrogens with one attached hydrogen (secondary N) is 1. The van der Waals surface area contributed by atoms with Crippen molar-refractivity contribution in [3.63, 3.8) is 0 Å². The average molecular weight is 292 g/mol. The van der Waals surface area contributed by atoms with E-state index in [9.17, 15) is 4.79 Å². The second-order valence-corrected chi connectivity index (χ2v) is 4.33. The van der Waals surface area contributed by atoms with Gasteiger partial charge in [-0.3, -0.25) is 4.79 Å². The van der Waals surface area contributed by atoms with E-state index in [0.29, 0.717) is 11.5 Å². The first-order chi connectivity index (χ1) is 9.69. The maximum atomic E-state index is 11.2. The molecular formula is C15H14ClNO3. The number of hydrogen-bond donors (Lipinski definition) is 1. The van der Waals surface area contributed by atoms with E-state index in [1.807, 2.05) is 30.3 Å². The molecule has 1 amide bonds. The Morgan fingerprint density at radius 3 is 2.15 bits per heavy atom. The van der Waals surface area contributed by atoms with Gasteiger partial charge >= 0.3 is 0 Å². The smallest absolute Gasteiger partial charge is 0.276 e. The molecule has 104 valence electrons. The third kappa shape index (κ3) is 3.90. The Kier molecular flexibility index (Phi) is 4.85. The molecule has 1 unspecified atom stereocenters. The monoisotopic (exact) mass is 291 g/mol. The summed E-state index contributed by atoms with van der Waals surface area (Å²) in [5, 5.41) is 2.41. The fourth-order valence-corrected chi connectivity index (χ4v) is 1.71. The average Bonchev–Trinajstić information content (AvgIpc) is 2.49. The largest absolute Gasteiger partial charge is 0.465 e. The molecule has 0 spiro atoms. The number of ether oxygens (including phenoxy) is 2. The molecule has 4 nitrogen and oxygen atoms in total. The number of hydrogen-bond acceptors (Lipinski definition) is 3. The second kappa shape index (κ2) is 6.82. The van der Waals surface area contributed by atoms with Gasteiger partial charge in [0.1, 0.15) is 17.2 Å². The van der Waals surface area contributed by atoms with Crippen LogP contribution >= 0.6 is 11.6 Å². The van der Waals surface area contributed by atoms with E-state index in [0.717, 1.165) is 5.75 Å². The summed E-state index contributed by atoms with van der Waals surface area (Å²) in [6.07, 6.45) is 0. The van der Waals surface area contributed by atoms with Gasteiger partial charge in [0.05, 0.1) is 0 Å². The van der Waals surface area contributed by atoms with Crippen LogP contribution < -0.4 is 14.8 Å². The molecule has 20 heavy (non-hydrogen) atoms. The third-order valence-electron chi connectivity index (χ3n) is 2.49. The highest BCUT2D eigenvalue weighted by Crippen LogP contribution is 2.24. The van der Waals surface area contributed by atoms with E-state index in [2.05, 4.69) is 5.32 Å². The summed E-state index contributed by atoms with van der Waals surface area (Å²) in [7, 11) is 1.50. The van der Waals surface area contributed by atoms with Crippen molar-refractivity contribution < 1.29 is 14.3 Å². The lowest BCUT2D eigenvalue weighted by Gasteiger charge is -2.11. The number of para-hydroxylation sites is 1. The highest BCUT2D eigenvalue weighted by Gasteiger charge is 2.14. The van der Waals surface area contributed by atoms with Crippen molar-refractivity contribution in [1.29, 1.82) is 0 Å². The maximum absolute atomic E-state index is 11.2. The van der Waals surface area contributed by atoms with Crippen LogP contribution in [0.2, 0.25) is 0 Å². The molecule has 0 bridgehead atoms. The van der Waals surface area contributed by atoms with Crippen LogP contribution in [0.1, 0.15) is 0 Å². The van der Waals surface area contributed by atoms with Crippen molar-refractivity contribution in [1.82, 2.24) is 5.32 Å². The van der Waals surface area contributed by atoms with E-state index < -0.39 is 11.5 Å². The topological polar surface area (TPSA) is 47.6 Å². The highest BCUT2D eigenvalue weighted by atomic mass is 35.5. The van der Waals surface area contributed by atoms with Crippen molar-refractivity contribution in [2.75, 3.05) is 7.05 Å². The number of carbonyl (C=O) groups excluding carboxylic acids is 1. The number of likely N-dealkylation sites (N-methyl/N-ethyl adjacent to an activating group) is 1. The molecule has 0 aromatic heterocycles. The number of rotatable bonds is 5. The van der Waals surface area contributed by atoms with Crippen LogP contribution in [0.4, 0.5) is 0 Å². The molecule has 2 aromatic rings. The molecular weight excluding hydrogens is 278 g/mol. The van der Waals surface area contributed by atoms with Crippen molar-refractivity contribution in [2.24, 2.45) is 0 Å². The van der Waals surface area contributed by atoms with Gasteiger partial charge in [-0.15, -0.1) is 0 Å². The van der Waals surface area contributed by atoms with E-state index in [4.69, 9.17) is 21.1 Å². The molecule has 2 rings (SSSR count). The first kappa shape index (κ1) is 14.2. The Hall–Kier alpha value is -2.20. The van der Waals surface area contributed by atoms with Crippen LogP contribution in [0.25, 0.3) is 0 Å². The Morgan fingerprint density at radius 1 is 1.00 bits per heavy atom. The van der Waals surface area contributed by atoms with Gasteiger partial charge in [-0.25, -0.2) is 0 Å². The number of carbonyl (C=O) groups is 1. The maximum Gasteiger partial charge on any atom is 0.276 e. The van der Waals surface area contributed by atoms with Gasteiger partial charge in [0.15, 0.2) is 0 Å². The second-order valence-electron chi connectivity index (χ2n) is 3.93. The van der Waals surface area contributed by atoms with Crippen LogP contribution in [0.5, 0.6) is 17.2 Å². The molecule has 2 aromatic carbocycles. The minimum Gasteiger partial charge on any atom is -0.465 e. The van der Waals surface area contributed by atoms with Crippen molar-refractivity contribution in [3.05, 3.63) is 54.6 Å². The fraction of sp³-hybridized carbons (Fsp3) is 0.133. The van der Waals surface area contributed by atoms with Gasteiger partial charge in [-0.2, -0.15) is 0 Å². The molecule has 0 aliphatic rings. The van der Waals surface area contributed by atoms with Gasteiger partial charge < -0.3 is 14.8 Å². The van der Waals surface area contributed by atoms with Gasteiger partial charge in [0.25, 0.3) is 5.91 Å².